The maximum atomic E-state index is 12.5. The molecule has 1 heterocycles. The highest BCUT2D eigenvalue weighted by Crippen LogP contribution is 2.24. The molecule has 0 aliphatic carbocycles. The van der Waals surface area contributed by atoms with Crippen molar-refractivity contribution in [3.63, 3.8) is 0 Å². The number of aryl methyl sites for hydroxylation is 1. The molecule has 0 saturated heterocycles. The Labute approximate surface area is 130 Å². The number of carboxylic acid groups (broad SMARTS) is 1. The number of hydrogen-bond donors (Lipinski definition) is 2. The Hall–Kier alpha value is -2.28. The van der Waals surface area contributed by atoms with Gasteiger partial charge in [0.25, 0.3) is 0 Å². The highest BCUT2D eigenvalue weighted by atomic mass is 32.1. The van der Waals surface area contributed by atoms with Crippen LogP contribution < -0.4 is 5.32 Å². The Kier molecular flexibility index (Phi) is 5.21. The Morgan fingerprint density at radius 1 is 1.36 bits per heavy atom. The topological polar surface area (TPSA) is 79.3 Å². The van der Waals surface area contributed by atoms with Crippen molar-refractivity contribution < 1.29 is 19.1 Å². The molecule has 2 N–H and O–H groups in total. The second kappa shape index (κ2) is 7.13. The van der Waals surface area contributed by atoms with Gasteiger partial charge >= 0.3 is 5.97 Å². The minimum atomic E-state index is -1.51. The Balaban J connectivity index is 2.01. The lowest BCUT2D eigenvalue weighted by Crippen LogP contribution is -2.43. The monoisotopic (exact) mass is 322 g/mol. The average Bonchev–Trinajstić information content (AvgIpc) is 2.93. The van der Waals surface area contributed by atoms with Gasteiger partial charge in [-0.15, -0.1) is 11.3 Å². The third kappa shape index (κ3) is 4.11. The van der Waals surface area contributed by atoms with Gasteiger partial charge in [-0.1, -0.05) is 29.8 Å². The summed E-state index contributed by atoms with van der Waals surface area (Å²) in [7, 11) is 0. The van der Waals surface area contributed by atoms with E-state index >= 15 is 0 Å². The van der Waals surface area contributed by atoms with Crippen LogP contribution in [-0.2, 0) is 16.0 Å². The maximum absolute atomic E-state index is 12.5. The van der Waals surface area contributed by atoms with Crippen LogP contribution in [0.2, 0.25) is 0 Å². The van der Waals surface area contributed by atoms with E-state index in [0.29, 0.717) is 5.69 Å². The lowest BCUT2D eigenvalue weighted by molar-refractivity contribution is -0.142. The molecule has 0 aliphatic rings. The predicted octanol–water partition coefficient (Wildman–Crippen LogP) is 2.20. The molecule has 0 spiro atoms. The fourth-order valence-electron chi connectivity index (χ4n) is 1.79. The Morgan fingerprint density at radius 3 is 2.64 bits per heavy atom. The average molecular weight is 322 g/mol. The van der Waals surface area contributed by atoms with Gasteiger partial charge in [0.15, 0.2) is 6.04 Å². The summed E-state index contributed by atoms with van der Waals surface area (Å²) < 4.78 is 12.5. The molecule has 2 aromatic rings. The largest absolute Gasteiger partial charge is 0.480 e. The number of carbonyl (C=O) groups is 2. The fraction of sp³-hybridized carbons (Fsp3) is 0.267. The minimum absolute atomic E-state index is 0.0772. The molecule has 1 aromatic heterocycles. The van der Waals surface area contributed by atoms with Crippen LogP contribution >= 0.6 is 11.3 Å². The molecule has 1 amide bonds. The van der Waals surface area contributed by atoms with E-state index in [-0.39, 0.29) is 6.42 Å². The van der Waals surface area contributed by atoms with E-state index < -0.39 is 24.6 Å². The number of thiazole rings is 1. The van der Waals surface area contributed by atoms with Gasteiger partial charge in [-0.3, -0.25) is 4.79 Å². The molecule has 0 radical (unpaired) electrons. The number of rotatable bonds is 6. The van der Waals surface area contributed by atoms with Crippen LogP contribution in [0.1, 0.15) is 11.3 Å². The summed E-state index contributed by atoms with van der Waals surface area (Å²) in [4.78, 5) is 26.7. The van der Waals surface area contributed by atoms with Crippen molar-refractivity contribution in [1.82, 2.24) is 10.3 Å². The number of halogens is 1. The minimum Gasteiger partial charge on any atom is -0.480 e. The first kappa shape index (κ1) is 16.1. The molecule has 0 aliphatic heterocycles. The lowest BCUT2D eigenvalue weighted by Gasteiger charge is -2.09. The standard InChI is InChI=1S/C15H15FN2O3S/c1-9-2-4-10(5-3-9)14-17-11(8-22-14)6-13(19)18-12(7-16)15(20)21/h2-5,8,12H,6-7H2,1H3,(H,18,19)(H,20,21). The number of amides is 1. The second-order valence-corrected chi connectivity index (χ2v) is 5.66. The summed E-state index contributed by atoms with van der Waals surface area (Å²) in [5.41, 5.74) is 2.63. The molecule has 7 heteroatoms. The number of carbonyl (C=O) groups excluding carboxylic acids is 1. The molecular formula is C15H15FN2O3S. The van der Waals surface area contributed by atoms with Crippen molar-refractivity contribution in [2.45, 2.75) is 19.4 Å². The smallest absolute Gasteiger partial charge is 0.328 e. The molecule has 1 aromatic carbocycles. The number of carboxylic acids is 1. The molecule has 0 fully saturated rings. The van der Waals surface area contributed by atoms with Crippen LogP contribution in [0.25, 0.3) is 10.6 Å². The highest BCUT2D eigenvalue weighted by molar-refractivity contribution is 7.13. The van der Waals surface area contributed by atoms with E-state index in [1.54, 1.807) is 5.38 Å². The normalized spacial score (nSPS) is 11.9. The zero-order chi connectivity index (χ0) is 16.1. The summed E-state index contributed by atoms with van der Waals surface area (Å²) in [5.74, 6) is -1.96. The van der Waals surface area contributed by atoms with Gasteiger partial charge in [0.1, 0.15) is 11.7 Å². The zero-order valence-electron chi connectivity index (χ0n) is 11.9. The van der Waals surface area contributed by atoms with Crippen LogP contribution in [-0.4, -0.2) is 34.7 Å². The van der Waals surface area contributed by atoms with E-state index in [2.05, 4.69) is 10.3 Å². The number of benzene rings is 1. The summed E-state index contributed by atoms with van der Waals surface area (Å²) in [6.07, 6.45) is -0.0772. The maximum Gasteiger partial charge on any atom is 0.328 e. The van der Waals surface area contributed by atoms with Crippen molar-refractivity contribution in [3.05, 3.63) is 40.9 Å². The van der Waals surface area contributed by atoms with E-state index in [0.717, 1.165) is 16.1 Å². The van der Waals surface area contributed by atoms with Gasteiger partial charge < -0.3 is 10.4 Å². The van der Waals surface area contributed by atoms with Crippen molar-refractivity contribution >= 4 is 23.2 Å². The second-order valence-electron chi connectivity index (χ2n) is 4.80. The first-order valence-corrected chi connectivity index (χ1v) is 7.47. The van der Waals surface area contributed by atoms with Crippen LogP contribution in [0.5, 0.6) is 0 Å². The molecule has 116 valence electrons. The third-order valence-electron chi connectivity index (χ3n) is 2.98. The molecule has 5 nitrogen and oxygen atoms in total. The number of alkyl halides is 1. The fourth-order valence-corrected chi connectivity index (χ4v) is 2.62. The van der Waals surface area contributed by atoms with Crippen molar-refractivity contribution in [2.75, 3.05) is 6.67 Å². The first-order chi connectivity index (χ1) is 10.5. The van der Waals surface area contributed by atoms with Gasteiger partial charge in [-0.2, -0.15) is 0 Å². The molecular weight excluding hydrogens is 307 g/mol. The molecule has 1 atom stereocenters. The molecule has 1 unspecified atom stereocenters. The van der Waals surface area contributed by atoms with E-state index in [4.69, 9.17) is 5.11 Å². The highest BCUT2D eigenvalue weighted by Gasteiger charge is 2.20. The summed E-state index contributed by atoms with van der Waals surface area (Å²) >= 11 is 1.40. The number of aromatic nitrogens is 1. The third-order valence-corrected chi connectivity index (χ3v) is 3.92. The van der Waals surface area contributed by atoms with Gasteiger partial charge in [0.05, 0.1) is 12.1 Å². The van der Waals surface area contributed by atoms with Crippen LogP contribution in [0.3, 0.4) is 0 Å². The van der Waals surface area contributed by atoms with Gasteiger partial charge in [0, 0.05) is 10.9 Å². The Bertz CT molecular complexity index is 670. The van der Waals surface area contributed by atoms with Gasteiger partial charge in [0.2, 0.25) is 5.91 Å². The van der Waals surface area contributed by atoms with E-state index in [1.807, 2.05) is 31.2 Å². The first-order valence-electron chi connectivity index (χ1n) is 6.59. The van der Waals surface area contributed by atoms with Gasteiger partial charge in [-0.25, -0.2) is 14.2 Å². The molecule has 2 rings (SSSR count). The van der Waals surface area contributed by atoms with Crippen molar-refractivity contribution in [1.29, 1.82) is 0 Å². The SMILES string of the molecule is Cc1ccc(-c2nc(CC(=O)NC(CF)C(=O)O)cs2)cc1. The van der Waals surface area contributed by atoms with Crippen LogP contribution in [0, 0.1) is 6.92 Å². The molecule has 0 saturated carbocycles. The molecule has 0 bridgehead atoms. The summed E-state index contributed by atoms with van der Waals surface area (Å²) in [5, 5.41) is 13.3. The van der Waals surface area contributed by atoms with E-state index in [1.165, 1.54) is 11.3 Å². The van der Waals surface area contributed by atoms with Crippen LogP contribution in [0.4, 0.5) is 4.39 Å². The quantitative estimate of drug-likeness (QED) is 0.854. The van der Waals surface area contributed by atoms with Crippen molar-refractivity contribution in [3.8, 4) is 10.6 Å². The van der Waals surface area contributed by atoms with Crippen molar-refractivity contribution in [2.24, 2.45) is 0 Å². The van der Waals surface area contributed by atoms with Crippen LogP contribution in [0.15, 0.2) is 29.6 Å². The predicted molar refractivity (Wildman–Crippen MR) is 81.5 cm³/mol. The summed E-state index contributed by atoms with van der Waals surface area (Å²) in [6, 6.07) is 6.33. The number of hydrogen-bond acceptors (Lipinski definition) is 4. The lowest BCUT2D eigenvalue weighted by atomic mass is 10.2. The zero-order valence-corrected chi connectivity index (χ0v) is 12.7. The summed E-state index contributed by atoms with van der Waals surface area (Å²) in [6.45, 7) is 0.845. The number of nitrogens with zero attached hydrogens (tertiary/aromatic N) is 1. The number of nitrogens with one attached hydrogen (secondary N) is 1. The van der Waals surface area contributed by atoms with Gasteiger partial charge in [-0.05, 0) is 6.92 Å². The Morgan fingerprint density at radius 2 is 2.05 bits per heavy atom. The number of aliphatic carboxylic acids is 1. The van der Waals surface area contributed by atoms with E-state index in [9.17, 15) is 14.0 Å². The molecule has 22 heavy (non-hydrogen) atoms.